The number of hydrogen-bond donors (Lipinski definition) is 2. The van der Waals surface area contributed by atoms with Crippen molar-refractivity contribution >= 4 is 35.1 Å². The average molecular weight is 789 g/mol. The minimum absolute atomic E-state index is 0.207. The standard InChI is InChI=1S/2C22H22N2O5/c2*1-24-12-11-21-18(13-7-6-10-16(27-2)17(13)28-3)29-20(26)22(21,24)14-8-4-5-9-15(14)23-19(21)25/h2*4-10,18H,11-12H2,1-3H3,(H,23,25)/t2*18-,21+,22-/m10/s1. The van der Waals surface area contributed by atoms with Crippen LogP contribution in [0.15, 0.2) is 84.9 Å². The number of para-hydroxylation sites is 4. The first kappa shape index (κ1) is 37.5. The molecule has 4 aromatic carbocycles. The zero-order valence-electron chi connectivity index (χ0n) is 33.0. The number of likely N-dealkylation sites (N-methyl/N-ethyl adjacent to an activating group) is 2. The molecule has 4 saturated heterocycles. The summed E-state index contributed by atoms with van der Waals surface area (Å²) in [6, 6.07) is 25.8. The van der Waals surface area contributed by atoms with Gasteiger partial charge in [0.05, 0.1) is 28.4 Å². The molecule has 0 spiro atoms. The van der Waals surface area contributed by atoms with Gasteiger partial charge in [-0.3, -0.25) is 19.4 Å². The number of fused-ring (bicyclic) bond motifs is 2. The highest BCUT2D eigenvalue weighted by Crippen LogP contribution is 2.69. The Hall–Kier alpha value is -6.12. The smallest absolute Gasteiger partial charge is 0.333 e. The molecule has 4 fully saturated rings. The van der Waals surface area contributed by atoms with E-state index < -0.39 is 46.1 Å². The topological polar surface area (TPSA) is 154 Å². The number of carbonyl (C=O) groups is 4. The van der Waals surface area contributed by atoms with E-state index in [0.717, 1.165) is 11.1 Å². The molecule has 6 aliphatic rings. The molecular weight excluding hydrogens is 745 g/mol. The van der Waals surface area contributed by atoms with Crippen molar-refractivity contribution in [2.45, 2.75) is 36.1 Å². The lowest BCUT2D eigenvalue weighted by molar-refractivity contribution is -0.151. The summed E-state index contributed by atoms with van der Waals surface area (Å²) in [5.74, 6) is 0.765. The van der Waals surface area contributed by atoms with E-state index in [1.807, 2.05) is 96.7 Å². The molecule has 6 aliphatic heterocycles. The third-order valence-electron chi connectivity index (χ3n) is 13.4. The molecule has 0 saturated carbocycles. The molecule has 6 atom stereocenters. The van der Waals surface area contributed by atoms with Crippen molar-refractivity contribution in [2.24, 2.45) is 10.8 Å². The lowest BCUT2D eigenvalue weighted by atomic mass is 9.61. The van der Waals surface area contributed by atoms with E-state index >= 15 is 0 Å². The van der Waals surface area contributed by atoms with Gasteiger partial charge in [-0.1, -0.05) is 60.7 Å². The summed E-state index contributed by atoms with van der Waals surface area (Å²) in [5, 5.41) is 6.05. The van der Waals surface area contributed by atoms with Gasteiger partial charge in [0.15, 0.2) is 34.1 Å². The molecule has 0 bridgehead atoms. The van der Waals surface area contributed by atoms with Gasteiger partial charge >= 0.3 is 11.9 Å². The van der Waals surface area contributed by atoms with E-state index in [9.17, 15) is 19.2 Å². The third-order valence-corrected chi connectivity index (χ3v) is 13.4. The second-order valence-electron chi connectivity index (χ2n) is 15.4. The van der Waals surface area contributed by atoms with Crippen LogP contribution < -0.4 is 29.6 Å². The van der Waals surface area contributed by atoms with Crippen LogP contribution >= 0.6 is 0 Å². The van der Waals surface area contributed by atoms with Crippen LogP contribution in [0.25, 0.3) is 0 Å². The first-order chi connectivity index (χ1) is 28.0. The van der Waals surface area contributed by atoms with Crippen LogP contribution in [0, 0.1) is 10.8 Å². The number of hydrogen-bond acceptors (Lipinski definition) is 12. The van der Waals surface area contributed by atoms with Crippen molar-refractivity contribution in [1.82, 2.24) is 9.80 Å². The fourth-order valence-corrected chi connectivity index (χ4v) is 11.1. The average Bonchev–Trinajstić information content (AvgIpc) is 3.93. The number of nitrogens with zero attached hydrogens (tertiary/aromatic N) is 2. The fourth-order valence-electron chi connectivity index (χ4n) is 11.1. The number of carbonyl (C=O) groups excluding carboxylic acids is 4. The number of cyclic esters (lactones) is 2. The van der Waals surface area contributed by atoms with Crippen molar-refractivity contribution in [1.29, 1.82) is 0 Å². The molecule has 10 rings (SSSR count). The van der Waals surface area contributed by atoms with E-state index in [1.54, 1.807) is 40.6 Å². The molecule has 0 unspecified atom stereocenters. The molecule has 2 amide bonds. The molecule has 14 nitrogen and oxygen atoms in total. The highest BCUT2D eigenvalue weighted by atomic mass is 16.6. The Morgan fingerprint density at radius 2 is 0.948 bits per heavy atom. The third kappa shape index (κ3) is 4.33. The predicted molar refractivity (Wildman–Crippen MR) is 210 cm³/mol. The number of esters is 2. The first-order valence-corrected chi connectivity index (χ1v) is 19.1. The fraction of sp³-hybridized carbons (Fsp3) is 0.364. The van der Waals surface area contributed by atoms with Crippen molar-refractivity contribution < 1.29 is 47.6 Å². The van der Waals surface area contributed by atoms with Gasteiger partial charge in [-0.2, -0.15) is 0 Å². The van der Waals surface area contributed by atoms with Gasteiger partial charge in [-0.05, 0) is 51.2 Å². The van der Waals surface area contributed by atoms with E-state index in [4.69, 9.17) is 28.4 Å². The van der Waals surface area contributed by atoms with Crippen molar-refractivity contribution in [3.8, 4) is 23.0 Å². The molecule has 0 aromatic heterocycles. The number of anilines is 2. The number of benzene rings is 4. The molecule has 300 valence electrons. The van der Waals surface area contributed by atoms with E-state index in [0.29, 0.717) is 71.4 Å². The summed E-state index contributed by atoms with van der Waals surface area (Å²) < 4.78 is 34.1. The molecule has 14 heteroatoms. The van der Waals surface area contributed by atoms with Crippen LogP contribution in [0.2, 0.25) is 0 Å². The summed E-state index contributed by atoms with van der Waals surface area (Å²) in [4.78, 5) is 58.3. The number of nitrogens with one attached hydrogen (secondary N) is 2. The summed E-state index contributed by atoms with van der Waals surface area (Å²) in [6.07, 6.45) is -0.613. The van der Waals surface area contributed by atoms with Gasteiger partial charge < -0.3 is 39.1 Å². The van der Waals surface area contributed by atoms with Crippen LogP contribution in [0.5, 0.6) is 23.0 Å². The molecule has 6 heterocycles. The maximum absolute atomic E-state index is 13.6. The Morgan fingerprint density at radius 3 is 1.33 bits per heavy atom. The highest BCUT2D eigenvalue weighted by Gasteiger charge is 2.80. The number of amides is 2. The Bertz CT molecular complexity index is 2240. The molecule has 2 N–H and O–H groups in total. The summed E-state index contributed by atoms with van der Waals surface area (Å²) in [7, 11) is 9.95. The predicted octanol–water partition coefficient (Wildman–Crippen LogP) is 4.94. The summed E-state index contributed by atoms with van der Waals surface area (Å²) in [5.41, 5.74) is -0.453. The number of rotatable bonds is 6. The molecule has 0 aliphatic carbocycles. The number of ether oxygens (including phenoxy) is 6. The van der Waals surface area contributed by atoms with Crippen LogP contribution in [0.1, 0.15) is 47.3 Å². The molecule has 0 radical (unpaired) electrons. The Kier molecular flexibility index (Phi) is 8.53. The molecular formula is C44H44N4O10. The van der Waals surface area contributed by atoms with E-state index in [2.05, 4.69) is 10.6 Å². The molecule has 4 aromatic rings. The highest BCUT2D eigenvalue weighted by molar-refractivity contribution is 6.10. The Morgan fingerprint density at radius 1 is 0.552 bits per heavy atom. The quantitative estimate of drug-likeness (QED) is 0.255. The largest absolute Gasteiger partial charge is 0.493 e. The molecule has 58 heavy (non-hydrogen) atoms. The lowest BCUT2D eigenvalue weighted by Crippen LogP contribution is -2.59. The first-order valence-electron chi connectivity index (χ1n) is 19.1. The maximum atomic E-state index is 13.6. The number of methoxy groups -OCH3 is 4. The van der Waals surface area contributed by atoms with Gasteiger partial charge in [0.25, 0.3) is 0 Å². The van der Waals surface area contributed by atoms with Crippen molar-refractivity contribution in [3.05, 3.63) is 107 Å². The number of likely N-dealkylation sites (tertiary alicyclic amines) is 2. The zero-order chi connectivity index (χ0) is 40.8. The van der Waals surface area contributed by atoms with Crippen LogP contribution in [0.3, 0.4) is 0 Å². The van der Waals surface area contributed by atoms with Crippen molar-refractivity contribution in [3.63, 3.8) is 0 Å². The lowest BCUT2D eigenvalue weighted by Gasteiger charge is -2.45. The SMILES string of the molecule is COc1cccc([C@@H]2OC(=O)[C@@]34c5ccccc5NC(=O)[C@@]23CCN4C)c1OC.COc1cccc([C@H]2OC(=O)[C@]34c5ccccc5NC(=O)[C@]23CCN4C)c1OC. The van der Waals surface area contributed by atoms with Crippen LogP contribution in [-0.2, 0) is 39.7 Å². The Labute approximate surface area is 335 Å². The van der Waals surface area contributed by atoms with Crippen molar-refractivity contribution in [2.75, 3.05) is 66.3 Å². The van der Waals surface area contributed by atoms with Gasteiger partial charge in [0.1, 0.15) is 23.0 Å². The summed E-state index contributed by atoms with van der Waals surface area (Å²) in [6.45, 7) is 1.19. The van der Waals surface area contributed by atoms with Gasteiger partial charge in [-0.15, -0.1) is 0 Å². The van der Waals surface area contributed by atoms with E-state index in [-0.39, 0.29) is 11.8 Å². The maximum Gasteiger partial charge on any atom is 0.333 e. The zero-order valence-corrected chi connectivity index (χ0v) is 33.0. The minimum atomic E-state index is -1.18. The normalized spacial score (nSPS) is 30.1. The second-order valence-corrected chi connectivity index (χ2v) is 15.4. The van der Waals surface area contributed by atoms with Crippen LogP contribution in [0.4, 0.5) is 11.4 Å². The van der Waals surface area contributed by atoms with Gasteiger partial charge in [-0.25, -0.2) is 9.59 Å². The van der Waals surface area contributed by atoms with E-state index in [1.165, 1.54) is 0 Å². The Balaban J connectivity index is 0.000000150. The van der Waals surface area contributed by atoms with Gasteiger partial charge in [0.2, 0.25) is 11.8 Å². The van der Waals surface area contributed by atoms with Crippen LogP contribution in [-0.4, -0.2) is 89.2 Å². The second kappa shape index (κ2) is 13.2. The summed E-state index contributed by atoms with van der Waals surface area (Å²) >= 11 is 0. The monoisotopic (exact) mass is 788 g/mol. The van der Waals surface area contributed by atoms with Gasteiger partial charge in [0, 0.05) is 46.7 Å². The minimum Gasteiger partial charge on any atom is -0.493 e.